The van der Waals surface area contributed by atoms with Crippen LogP contribution in [0.15, 0.2) is 77.7 Å². The molecule has 0 aliphatic rings. The van der Waals surface area contributed by atoms with Crippen molar-refractivity contribution in [2.75, 3.05) is 17.4 Å². The zero-order valence-corrected chi connectivity index (χ0v) is 24.6. The lowest BCUT2D eigenvalue weighted by Crippen LogP contribution is -2.52. The lowest BCUT2D eigenvalue weighted by Gasteiger charge is -2.33. The van der Waals surface area contributed by atoms with Crippen molar-refractivity contribution in [3.8, 4) is 0 Å². The van der Waals surface area contributed by atoms with Gasteiger partial charge in [0.2, 0.25) is 11.8 Å². The molecular weight excluding hydrogens is 576 g/mol. The molecule has 11 heteroatoms. The maximum atomic E-state index is 14.0. The highest BCUT2D eigenvalue weighted by Gasteiger charge is 2.34. The Bertz CT molecular complexity index is 1420. The molecule has 40 heavy (non-hydrogen) atoms. The standard InChI is InChI=1S/C29H32Cl2FN3O4S/c1-3-5-17-33-29(37)27(4-2)34(19-21-11-9-10-14-24(21)30)28(36)20-35(22-15-16-26(32)25(31)18-22)40(38,39)23-12-7-6-8-13-23/h6-16,18,27H,3-5,17,19-20H2,1-2H3,(H,33,37). The van der Waals surface area contributed by atoms with E-state index in [1.807, 2.05) is 6.92 Å². The molecule has 2 amide bonds. The van der Waals surface area contributed by atoms with Crippen molar-refractivity contribution >= 4 is 50.7 Å². The molecule has 1 atom stereocenters. The molecule has 0 saturated carbocycles. The molecule has 7 nitrogen and oxygen atoms in total. The summed E-state index contributed by atoms with van der Waals surface area (Å²) in [6, 6.07) is 17.0. The topological polar surface area (TPSA) is 86.8 Å². The molecule has 3 aromatic rings. The van der Waals surface area contributed by atoms with Crippen LogP contribution >= 0.6 is 23.2 Å². The smallest absolute Gasteiger partial charge is 0.264 e. The molecule has 0 aliphatic heterocycles. The highest BCUT2D eigenvalue weighted by molar-refractivity contribution is 7.92. The van der Waals surface area contributed by atoms with Crippen LogP contribution in [0.25, 0.3) is 0 Å². The third kappa shape index (κ3) is 7.74. The molecule has 3 aromatic carbocycles. The number of sulfonamides is 1. The summed E-state index contributed by atoms with van der Waals surface area (Å²) >= 11 is 12.4. The van der Waals surface area contributed by atoms with Crippen molar-refractivity contribution in [3.05, 3.63) is 94.2 Å². The highest BCUT2D eigenvalue weighted by atomic mass is 35.5. The number of benzene rings is 3. The maximum absolute atomic E-state index is 14.0. The van der Waals surface area contributed by atoms with E-state index in [0.29, 0.717) is 17.1 Å². The molecule has 3 rings (SSSR count). The van der Waals surface area contributed by atoms with Crippen LogP contribution in [0, 0.1) is 5.82 Å². The summed E-state index contributed by atoms with van der Waals surface area (Å²) in [6.07, 6.45) is 1.93. The molecule has 0 radical (unpaired) electrons. The van der Waals surface area contributed by atoms with E-state index in [1.54, 1.807) is 49.4 Å². The Morgan fingerprint density at radius 1 is 0.950 bits per heavy atom. The van der Waals surface area contributed by atoms with Crippen molar-refractivity contribution in [2.24, 2.45) is 0 Å². The van der Waals surface area contributed by atoms with Crippen molar-refractivity contribution in [1.29, 1.82) is 0 Å². The van der Waals surface area contributed by atoms with Gasteiger partial charge in [-0.15, -0.1) is 0 Å². The van der Waals surface area contributed by atoms with Gasteiger partial charge in [-0.2, -0.15) is 0 Å². The summed E-state index contributed by atoms with van der Waals surface area (Å²) in [5, 5.41) is 2.97. The number of hydrogen-bond donors (Lipinski definition) is 1. The fourth-order valence-electron chi connectivity index (χ4n) is 4.12. The van der Waals surface area contributed by atoms with Gasteiger partial charge in [0.25, 0.3) is 10.0 Å². The second-order valence-electron chi connectivity index (χ2n) is 9.10. The number of nitrogens with one attached hydrogen (secondary N) is 1. The van der Waals surface area contributed by atoms with Crippen LogP contribution in [0.3, 0.4) is 0 Å². The van der Waals surface area contributed by atoms with Gasteiger partial charge in [0.15, 0.2) is 0 Å². The van der Waals surface area contributed by atoms with Crippen molar-refractivity contribution in [3.63, 3.8) is 0 Å². The van der Waals surface area contributed by atoms with Gasteiger partial charge in [-0.05, 0) is 54.8 Å². The number of anilines is 1. The van der Waals surface area contributed by atoms with Gasteiger partial charge >= 0.3 is 0 Å². The number of halogens is 3. The molecule has 1 N–H and O–H groups in total. The van der Waals surface area contributed by atoms with Crippen LogP contribution in [-0.2, 0) is 26.2 Å². The number of nitrogens with zero attached hydrogens (tertiary/aromatic N) is 2. The van der Waals surface area contributed by atoms with E-state index in [1.165, 1.54) is 23.1 Å². The van der Waals surface area contributed by atoms with E-state index in [-0.39, 0.29) is 34.5 Å². The summed E-state index contributed by atoms with van der Waals surface area (Å²) in [6.45, 7) is 3.53. The van der Waals surface area contributed by atoms with Crippen LogP contribution in [-0.4, -0.2) is 44.3 Å². The summed E-state index contributed by atoms with van der Waals surface area (Å²) < 4.78 is 42.4. The summed E-state index contributed by atoms with van der Waals surface area (Å²) in [4.78, 5) is 28.5. The largest absolute Gasteiger partial charge is 0.354 e. The Hall–Kier alpha value is -3.14. The average Bonchev–Trinajstić information content (AvgIpc) is 2.94. The number of hydrogen-bond acceptors (Lipinski definition) is 4. The van der Waals surface area contributed by atoms with Crippen LogP contribution < -0.4 is 9.62 Å². The first-order valence-electron chi connectivity index (χ1n) is 12.9. The molecule has 214 valence electrons. The Labute approximate surface area is 244 Å². The predicted molar refractivity (Wildman–Crippen MR) is 156 cm³/mol. The van der Waals surface area contributed by atoms with Crippen LogP contribution in [0.2, 0.25) is 10.0 Å². The van der Waals surface area contributed by atoms with Gasteiger partial charge in [0, 0.05) is 18.1 Å². The van der Waals surface area contributed by atoms with E-state index in [9.17, 15) is 22.4 Å². The minimum absolute atomic E-state index is 0.00161. The predicted octanol–water partition coefficient (Wildman–Crippen LogP) is 6.05. The summed E-state index contributed by atoms with van der Waals surface area (Å²) in [5.41, 5.74) is 0.598. The zero-order chi connectivity index (χ0) is 29.3. The van der Waals surface area contributed by atoms with Crippen LogP contribution in [0.5, 0.6) is 0 Å². The zero-order valence-electron chi connectivity index (χ0n) is 22.3. The SMILES string of the molecule is CCCCNC(=O)C(CC)N(Cc1ccccc1Cl)C(=O)CN(c1ccc(F)c(Cl)c1)S(=O)(=O)c1ccccc1. The first-order valence-corrected chi connectivity index (χ1v) is 15.1. The summed E-state index contributed by atoms with van der Waals surface area (Å²) in [7, 11) is -4.29. The van der Waals surface area contributed by atoms with E-state index >= 15 is 0 Å². The Kier molecular flexibility index (Phi) is 11.4. The normalized spacial score (nSPS) is 12.0. The monoisotopic (exact) mass is 607 g/mol. The first-order chi connectivity index (χ1) is 19.1. The van der Waals surface area contributed by atoms with Gasteiger partial charge in [-0.1, -0.05) is 79.9 Å². The third-order valence-corrected chi connectivity index (χ3v) is 8.76. The van der Waals surface area contributed by atoms with Crippen molar-refractivity contribution in [2.45, 2.75) is 50.6 Å². The molecule has 0 bridgehead atoms. The molecule has 0 aliphatic carbocycles. The minimum Gasteiger partial charge on any atom is -0.354 e. The van der Waals surface area contributed by atoms with E-state index in [2.05, 4.69) is 5.32 Å². The fourth-order valence-corrected chi connectivity index (χ4v) is 5.92. The van der Waals surface area contributed by atoms with E-state index in [4.69, 9.17) is 23.2 Å². The maximum Gasteiger partial charge on any atom is 0.264 e. The quantitative estimate of drug-likeness (QED) is 0.240. The molecule has 0 heterocycles. The highest BCUT2D eigenvalue weighted by Crippen LogP contribution is 2.29. The number of unbranched alkanes of at least 4 members (excludes halogenated alkanes) is 1. The second kappa shape index (κ2) is 14.5. The first kappa shape index (κ1) is 31.4. The molecule has 0 spiro atoms. The number of carbonyl (C=O) groups is 2. The van der Waals surface area contributed by atoms with E-state index < -0.39 is 34.3 Å². The van der Waals surface area contributed by atoms with Crippen LogP contribution in [0.1, 0.15) is 38.7 Å². The molecular formula is C29H32Cl2FN3O4S. The minimum atomic E-state index is -4.29. The Morgan fingerprint density at radius 2 is 1.62 bits per heavy atom. The summed E-state index contributed by atoms with van der Waals surface area (Å²) in [5.74, 6) is -1.72. The third-order valence-electron chi connectivity index (χ3n) is 6.32. The van der Waals surface area contributed by atoms with Gasteiger partial charge in [-0.3, -0.25) is 13.9 Å². The fraction of sp³-hybridized carbons (Fsp3) is 0.310. The van der Waals surface area contributed by atoms with Gasteiger partial charge < -0.3 is 10.2 Å². The lowest BCUT2D eigenvalue weighted by molar-refractivity contribution is -0.140. The Morgan fingerprint density at radius 3 is 2.25 bits per heavy atom. The lowest BCUT2D eigenvalue weighted by atomic mass is 10.1. The number of carbonyl (C=O) groups excluding carboxylic acids is 2. The van der Waals surface area contributed by atoms with Crippen molar-refractivity contribution < 1.29 is 22.4 Å². The molecule has 0 saturated heterocycles. The molecule has 0 fully saturated rings. The van der Waals surface area contributed by atoms with Gasteiger partial charge in [0.1, 0.15) is 18.4 Å². The average molecular weight is 609 g/mol. The van der Waals surface area contributed by atoms with E-state index in [0.717, 1.165) is 29.3 Å². The molecule has 0 aromatic heterocycles. The van der Waals surface area contributed by atoms with Gasteiger partial charge in [0.05, 0.1) is 15.6 Å². The Balaban J connectivity index is 2.06. The van der Waals surface area contributed by atoms with Crippen molar-refractivity contribution in [1.82, 2.24) is 10.2 Å². The molecule has 1 unspecified atom stereocenters. The van der Waals surface area contributed by atoms with Crippen LogP contribution in [0.4, 0.5) is 10.1 Å². The number of rotatable bonds is 13. The number of amides is 2. The second-order valence-corrected chi connectivity index (χ2v) is 11.8. The van der Waals surface area contributed by atoms with Gasteiger partial charge in [-0.25, -0.2) is 12.8 Å².